The lowest BCUT2D eigenvalue weighted by Crippen LogP contribution is -2.21. The number of hydrogen-bond acceptors (Lipinski definition) is 2. The molecule has 0 radical (unpaired) electrons. The van der Waals surface area contributed by atoms with Crippen molar-refractivity contribution in [3.05, 3.63) is 17.0 Å². The van der Waals surface area contributed by atoms with Gasteiger partial charge >= 0.3 is 12.4 Å². The predicted molar refractivity (Wildman–Crippen MR) is 64.3 cm³/mol. The van der Waals surface area contributed by atoms with Crippen LogP contribution >= 0.6 is 0 Å². The molecule has 0 amide bonds. The van der Waals surface area contributed by atoms with Gasteiger partial charge in [0.2, 0.25) is 0 Å². The lowest BCUT2D eigenvalue weighted by atomic mass is 9.93. The van der Waals surface area contributed by atoms with Crippen LogP contribution in [0.25, 0.3) is 0 Å². The first-order valence-corrected chi connectivity index (χ1v) is 6.29. The number of hydrogen-bond donors (Lipinski definition) is 1. The van der Waals surface area contributed by atoms with Gasteiger partial charge in [-0.3, -0.25) is 4.68 Å². The zero-order chi connectivity index (χ0) is 16.6. The molecular formula is C12H17F6N3. The number of nitrogens with zero attached hydrogens (tertiary/aromatic N) is 2. The molecule has 0 fully saturated rings. The molecule has 0 aliphatic heterocycles. The maximum Gasteiger partial charge on any atom is 0.435 e. The highest BCUT2D eigenvalue weighted by atomic mass is 19.4. The zero-order valence-electron chi connectivity index (χ0n) is 11.8. The first kappa shape index (κ1) is 17.8. The molecule has 0 saturated heterocycles. The van der Waals surface area contributed by atoms with E-state index in [1.807, 2.05) is 0 Å². The van der Waals surface area contributed by atoms with Crippen LogP contribution in [0.1, 0.15) is 37.2 Å². The minimum absolute atomic E-state index is 0.247. The molecule has 0 saturated carbocycles. The summed E-state index contributed by atoms with van der Waals surface area (Å²) < 4.78 is 77.8. The highest BCUT2D eigenvalue weighted by Gasteiger charge is 2.45. The maximum absolute atomic E-state index is 13.0. The molecule has 0 aliphatic carbocycles. The molecule has 9 heteroatoms. The smallest absolute Gasteiger partial charge is 0.328 e. The van der Waals surface area contributed by atoms with E-state index in [1.165, 1.54) is 0 Å². The van der Waals surface area contributed by atoms with Gasteiger partial charge in [0.1, 0.15) is 5.69 Å². The molecule has 3 nitrogen and oxygen atoms in total. The van der Waals surface area contributed by atoms with Crippen LogP contribution in [-0.2, 0) is 25.8 Å². The minimum atomic E-state index is -4.93. The van der Waals surface area contributed by atoms with Crippen molar-refractivity contribution >= 4 is 0 Å². The Labute approximate surface area is 118 Å². The van der Waals surface area contributed by atoms with Crippen LogP contribution < -0.4 is 5.73 Å². The molecule has 1 heterocycles. The number of halogens is 6. The van der Waals surface area contributed by atoms with Gasteiger partial charge in [-0.25, -0.2) is 0 Å². The molecule has 0 bridgehead atoms. The van der Waals surface area contributed by atoms with Crippen molar-refractivity contribution in [1.82, 2.24) is 9.78 Å². The van der Waals surface area contributed by atoms with E-state index in [0.29, 0.717) is 6.42 Å². The van der Waals surface area contributed by atoms with E-state index >= 15 is 0 Å². The summed E-state index contributed by atoms with van der Waals surface area (Å²) in [5.74, 6) is -0.420. The topological polar surface area (TPSA) is 43.8 Å². The van der Waals surface area contributed by atoms with Crippen LogP contribution in [0.2, 0.25) is 0 Å². The average Bonchev–Trinajstić information content (AvgIpc) is 2.52. The normalized spacial score (nSPS) is 16.1. The Hall–Kier alpha value is -1.25. The Balaban J connectivity index is 3.31. The molecule has 1 rings (SSSR count). The fourth-order valence-corrected chi connectivity index (χ4v) is 2.41. The van der Waals surface area contributed by atoms with E-state index in [1.54, 1.807) is 13.8 Å². The second kappa shape index (κ2) is 5.86. The zero-order valence-corrected chi connectivity index (χ0v) is 11.8. The number of rotatable bonds is 4. The summed E-state index contributed by atoms with van der Waals surface area (Å²) in [5.41, 5.74) is 1.89. The van der Waals surface area contributed by atoms with E-state index < -0.39 is 35.2 Å². The Bertz CT molecular complexity index is 486. The van der Waals surface area contributed by atoms with Crippen molar-refractivity contribution in [1.29, 1.82) is 0 Å². The average molecular weight is 317 g/mol. The van der Waals surface area contributed by atoms with Gasteiger partial charge in [-0.15, -0.1) is 0 Å². The molecule has 1 aromatic rings. The molecule has 0 aliphatic rings. The third kappa shape index (κ3) is 4.36. The quantitative estimate of drug-likeness (QED) is 0.865. The van der Waals surface area contributed by atoms with Crippen molar-refractivity contribution < 1.29 is 26.3 Å². The van der Waals surface area contributed by atoms with Crippen molar-refractivity contribution in [2.75, 3.05) is 0 Å². The fraction of sp³-hybridized carbons (Fsp3) is 0.750. The summed E-state index contributed by atoms with van der Waals surface area (Å²) in [6.45, 7) is 3.21. The highest BCUT2D eigenvalue weighted by molar-refractivity contribution is 5.31. The predicted octanol–water partition coefficient (Wildman–Crippen LogP) is 3.37. The van der Waals surface area contributed by atoms with E-state index in [9.17, 15) is 26.3 Å². The van der Waals surface area contributed by atoms with Crippen LogP contribution in [0.3, 0.4) is 0 Å². The van der Waals surface area contributed by atoms with Gasteiger partial charge in [0.05, 0.1) is 0 Å². The molecule has 2 N–H and O–H groups in total. The summed E-state index contributed by atoms with van der Waals surface area (Å²) in [5, 5.41) is 3.02. The lowest BCUT2D eigenvalue weighted by molar-refractivity contribution is -0.145. The summed E-state index contributed by atoms with van der Waals surface area (Å²) >= 11 is 0. The minimum Gasteiger partial charge on any atom is -0.328 e. The molecule has 0 spiro atoms. The van der Waals surface area contributed by atoms with Gasteiger partial charge in [-0.2, -0.15) is 31.4 Å². The Morgan fingerprint density at radius 1 is 1.10 bits per heavy atom. The molecule has 2 atom stereocenters. The summed E-state index contributed by atoms with van der Waals surface area (Å²) in [7, 11) is 0.859. The molecule has 0 aromatic carbocycles. The molecule has 2 unspecified atom stereocenters. The van der Waals surface area contributed by atoms with Gasteiger partial charge < -0.3 is 5.73 Å². The Morgan fingerprint density at radius 2 is 1.62 bits per heavy atom. The molecule has 21 heavy (non-hydrogen) atoms. The van der Waals surface area contributed by atoms with Crippen molar-refractivity contribution in [2.24, 2.45) is 18.7 Å². The lowest BCUT2D eigenvalue weighted by Gasteiger charge is -2.17. The van der Waals surface area contributed by atoms with Gasteiger partial charge in [-0.05, 0) is 25.7 Å². The van der Waals surface area contributed by atoms with E-state index in [-0.39, 0.29) is 17.1 Å². The highest BCUT2D eigenvalue weighted by Crippen LogP contribution is 2.40. The second-order valence-electron chi connectivity index (χ2n) is 5.32. The summed E-state index contributed by atoms with van der Waals surface area (Å²) in [4.78, 5) is 0. The van der Waals surface area contributed by atoms with Crippen LogP contribution in [0.5, 0.6) is 0 Å². The van der Waals surface area contributed by atoms with Crippen LogP contribution in [-0.4, -0.2) is 15.8 Å². The Morgan fingerprint density at radius 3 is 2.00 bits per heavy atom. The fourth-order valence-electron chi connectivity index (χ4n) is 2.41. The second-order valence-corrected chi connectivity index (χ2v) is 5.32. The SMILES string of the molecule is CC(N)CC(C)Cc1c(C(F)(F)F)nn(C)c1C(F)(F)F. The Kier molecular flexibility index (Phi) is 4.97. The summed E-state index contributed by atoms with van der Waals surface area (Å²) in [6, 6.07) is -0.305. The number of aromatic nitrogens is 2. The number of aryl methyl sites for hydroxylation is 1. The van der Waals surface area contributed by atoms with Gasteiger partial charge in [0, 0.05) is 18.7 Å². The van der Waals surface area contributed by atoms with Crippen LogP contribution in [0.15, 0.2) is 0 Å². The van der Waals surface area contributed by atoms with Crippen LogP contribution in [0.4, 0.5) is 26.3 Å². The largest absolute Gasteiger partial charge is 0.435 e. The van der Waals surface area contributed by atoms with Crippen molar-refractivity contribution in [3.8, 4) is 0 Å². The molecule has 1 aromatic heterocycles. The maximum atomic E-state index is 13.0. The first-order valence-electron chi connectivity index (χ1n) is 6.29. The van der Waals surface area contributed by atoms with Gasteiger partial charge in [-0.1, -0.05) is 6.92 Å². The number of alkyl halides is 6. The van der Waals surface area contributed by atoms with E-state index in [4.69, 9.17) is 5.73 Å². The van der Waals surface area contributed by atoms with E-state index in [0.717, 1.165) is 7.05 Å². The van der Waals surface area contributed by atoms with Crippen molar-refractivity contribution in [2.45, 2.75) is 45.1 Å². The third-order valence-electron chi connectivity index (χ3n) is 3.01. The van der Waals surface area contributed by atoms with E-state index in [2.05, 4.69) is 5.10 Å². The molecular weight excluding hydrogens is 300 g/mol. The van der Waals surface area contributed by atoms with Crippen molar-refractivity contribution in [3.63, 3.8) is 0 Å². The monoisotopic (exact) mass is 317 g/mol. The standard InChI is InChI=1S/C12H17F6N3/c1-6(4-7(2)19)5-8-9(11(13,14)15)20-21(3)10(8)12(16,17)18/h6-7H,4-5,19H2,1-3H3. The summed E-state index contributed by atoms with van der Waals surface area (Å²) in [6.07, 6.45) is -9.87. The third-order valence-corrected chi connectivity index (χ3v) is 3.01. The first-order chi connectivity index (χ1) is 9.34. The molecule has 122 valence electrons. The van der Waals surface area contributed by atoms with Gasteiger partial charge in [0.15, 0.2) is 5.69 Å². The van der Waals surface area contributed by atoms with Crippen LogP contribution in [0, 0.1) is 5.92 Å². The van der Waals surface area contributed by atoms with Gasteiger partial charge in [0.25, 0.3) is 0 Å². The number of nitrogens with two attached hydrogens (primary N) is 1.